The van der Waals surface area contributed by atoms with E-state index >= 15 is 0 Å². The van der Waals surface area contributed by atoms with Crippen LogP contribution < -0.4 is 10.5 Å². The number of hydrogen-bond donors (Lipinski definition) is 1. The molecule has 2 N–H and O–H groups in total. The first-order valence-corrected chi connectivity index (χ1v) is 7.41. The van der Waals surface area contributed by atoms with Gasteiger partial charge >= 0.3 is 0 Å². The molecular weight excluding hydrogens is 266 g/mol. The maximum atomic E-state index is 5.75. The molecule has 0 spiro atoms. The summed E-state index contributed by atoms with van der Waals surface area (Å²) in [5.74, 6) is 2.30. The van der Waals surface area contributed by atoms with Crippen LogP contribution in [0.5, 0.6) is 5.75 Å². The van der Waals surface area contributed by atoms with Gasteiger partial charge in [-0.15, -0.1) is 0 Å². The number of para-hydroxylation sites is 1. The van der Waals surface area contributed by atoms with E-state index in [9.17, 15) is 0 Å². The smallest absolute Gasteiger partial charge is 0.229 e. The summed E-state index contributed by atoms with van der Waals surface area (Å²) in [6, 6.07) is 9.85. The molecule has 0 amide bonds. The second-order valence-corrected chi connectivity index (χ2v) is 5.46. The molecule has 1 heterocycles. The van der Waals surface area contributed by atoms with E-state index in [1.807, 2.05) is 37.3 Å². The Kier molecular flexibility index (Phi) is 5.75. The Hall–Kier alpha value is -1.88. The van der Waals surface area contributed by atoms with E-state index in [0.29, 0.717) is 18.3 Å². The maximum Gasteiger partial charge on any atom is 0.229 e. The summed E-state index contributed by atoms with van der Waals surface area (Å²) in [5, 5.41) is 3.96. The highest BCUT2D eigenvalue weighted by molar-refractivity contribution is 5.20. The first-order chi connectivity index (χ1) is 10.1. The van der Waals surface area contributed by atoms with Crippen molar-refractivity contribution in [2.24, 2.45) is 5.73 Å². The Morgan fingerprint density at radius 1 is 1.19 bits per heavy atom. The summed E-state index contributed by atoms with van der Waals surface area (Å²) >= 11 is 0. The molecule has 0 aliphatic heterocycles. The van der Waals surface area contributed by atoms with Crippen LogP contribution in [-0.2, 0) is 6.61 Å². The highest BCUT2D eigenvalue weighted by Gasteiger charge is 2.14. The summed E-state index contributed by atoms with van der Waals surface area (Å²) < 4.78 is 10.9. The topological polar surface area (TPSA) is 74.2 Å². The molecular formula is C16H23N3O2. The van der Waals surface area contributed by atoms with Gasteiger partial charge < -0.3 is 15.0 Å². The molecule has 2 atom stereocenters. The van der Waals surface area contributed by atoms with Crippen LogP contribution in [-0.4, -0.2) is 16.2 Å². The third-order valence-electron chi connectivity index (χ3n) is 3.31. The molecule has 0 bridgehead atoms. The summed E-state index contributed by atoms with van der Waals surface area (Å²) in [7, 11) is 0. The zero-order chi connectivity index (χ0) is 15.1. The fourth-order valence-electron chi connectivity index (χ4n) is 2.06. The van der Waals surface area contributed by atoms with Gasteiger partial charge in [-0.2, -0.15) is 4.98 Å². The Morgan fingerprint density at radius 2 is 1.95 bits per heavy atom. The van der Waals surface area contributed by atoms with Gasteiger partial charge in [0.25, 0.3) is 0 Å². The van der Waals surface area contributed by atoms with E-state index in [0.717, 1.165) is 25.0 Å². The van der Waals surface area contributed by atoms with Crippen LogP contribution in [0, 0.1) is 0 Å². The lowest BCUT2D eigenvalue weighted by Gasteiger charge is -2.07. The van der Waals surface area contributed by atoms with Crippen LogP contribution in [0.1, 0.15) is 50.7 Å². The molecule has 1 aromatic carbocycles. The minimum absolute atomic E-state index is 0.245. The van der Waals surface area contributed by atoms with Crippen LogP contribution in [0.15, 0.2) is 34.9 Å². The van der Waals surface area contributed by atoms with Gasteiger partial charge in [0, 0.05) is 12.0 Å². The highest BCUT2D eigenvalue weighted by Crippen LogP contribution is 2.20. The SMILES string of the molecule is CC(N)CCCC(C)c1nc(COc2ccccc2)no1. The summed E-state index contributed by atoms with van der Waals surface area (Å²) in [6.45, 7) is 4.44. The van der Waals surface area contributed by atoms with Crippen molar-refractivity contribution in [3.05, 3.63) is 42.0 Å². The molecule has 1 aromatic heterocycles. The first kappa shape index (κ1) is 15.5. The van der Waals surface area contributed by atoms with Gasteiger partial charge in [-0.1, -0.05) is 36.7 Å². The number of rotatable bonds is 8. The predicted molar refractivity (Wildman–Crippen MR) is 81.0 cm³/mol. The summed E-state index contributed by atoms with van der Waals surface area (Å²) in [5.41, 5.74) is 5.75. The number of aromatic nitrogens is 2. The van der Waals surface area contributed by atoms with E-state index in [1.54, 1.807) is 0 Å². The average molecular weight is 289 g/mol. The molecule has 5 heteroatoms. The second kappa shape index (κ2) is 7.78. The lowest BCUT2D eigenvalue weighted by Crippen LogP contribution is -2.14. The standard InChI is InChI=1S/C16H23N3O2/c1-12(7-6-8-13(2)17)16-18-15(19-21-16)11-20-14-9-4-3-5-10-14/h3-5,9-10,12-13H,6-8,11,17H2,1-2H3. The molecule has 0 saturated carbocycles. The molecule has 0 fully saturated rings. The van der Waals surface area contributed by atoms with Gasteiger partial charge in [-0.05, 0) is 31.9 Å². The first-order valence-electron chi connectivity index (χ1n) is 7.41. The van der Waals surface area contributed by atoms with Crippen molar-refractivity contribution in [1.29, 1.82) is 0 Å². The van der Waals surface area contributed by atoms with Crippen LogP contribution in [0.3, 0.4) is 0 Å². The molecule has 21 heavy (non-hydrogen) atoms. The zero-order valence-corrected chi connectivity index (χ0v) is 12.7. The molecule has 2 aromatic rings. The quantitative estimate of drug-likeness (QED) is 0.807. The van der Waals surface area contributed by atoms with Gasteiger partial charge in [0.15, 0.2) is 6.61 Å². The summed E-state index contributed by atoms with van der Waals surface area (Å²) in [6.07, 6.45) is 3.09. The predicted octanol–water partition coefficient (Wildman–Crippen LogP) is 3.27. The molecule has 0 aliphatic carbocycles. The van der Waals surface area contributed by atoms with E-state index in [4.69, 9.17) is 15.0 Å². The van der Waals surface area contributed by atoms with Crippen molar-refractivity contribution < 1.29 is 9.26 Å². The van der Waals surface area contributed by atoms with E-state index < -0.39 is 0 Å². The van der Waals surface area contributed by atoms with E-state index in [2.05, 4.69) is 17.1 Å². The van der Waals surface area contributed by atoms with Crippen LogP contribution in [0.2, 0.25) is 0 Å². The lowest BCUT2D eigenvalue weighted by atomic mass is 10.0. The van der Waals surface area contributed by atoms with Gasteiger partial charge in [0.2, 0.25) is 11.7 Å². The van der Waals surface area contributed by atoms with Crippen LogP contribution in [0.25, 0.3) is 0 Å². The molecule has 5 nitrogen and oxygen atoms in total. The zero-order valence-electron chi connectivity index (χ0n) is 12.7. The Morgan fingerprint density at radius 3 is 2.67 bits per heavy atom. The number of nitrogens with zero attached hydrogens (tertiary/aromatic N) is 2. The van der Waals surface area contributed by atoms with Crippen molar-refractivity contribution in [2.45, 2.75) is 51.7 Å². The van der Waals surface area contributed by atoms with Crippen molar-refractivity contribution in [1.82, 2.24) is 10.1 Å². The highest BCUT2D eigenvalue weighted by atomic mass is 16.5. The largest absolute Gasteiger partial charge is 0.485 e. The molecule has 2 rings (SSSR count). The van der Waals surface area contributed by atoms with E-state index in [-0.39, 0.29) is 12.0 Å². The third kappa shape index (κ3) is 5.19. The number of nitrogens with two attached hydrogens (primary N) is 1. The van der Waals surface area contributed by atoms with E-state index in [1.165, 1.54) is 0 Å². The molecule has 0 aliphatic rings. The monoisotopic (exact) mass is 289 g/mol. The molecule has 0 radical (unpaired) electrons. The third-order valence-corrected chi connectivity index (χ3v) is 3.31. The van der Waals surface area contributed by atoms with Crippen molar-refractivity contribution in [3.63, 3.8) is 0 Å². The number of benzene rings is 1. The van der Waals surface area contributed by atoms with Gasteiger partial charge in [-0.25, -0.2) is 0 Å². The van der Waals surface area contributed by atoms with Gasteiger partial charge in [-0.3, -0.25) is 0 Å². The number of hydrogen-bond acceptors (Lipinski definition) is 5. The van der Waals surface area contributed by atoms with Gasteiger partial charge in [0.1, 0.15) is 5.75 Å². The minimum Gasteiger partial charge on any atom is -0.485 e. The summed E-state index contributed by atoms with van der Waals surface area (Å²) in [4.78, 5) is 4.39. The van der Waals surface area contributed by atoms with Crippen LogP contribution >= 0.6 is 0 Å². The Labute approximate surface area is 125 Å². The molecule has 114 valence electrons. The maximum absolute atomic E-state index is 5.75. The van der Waals surface area contributed by atoms with Crippen LogP contribution in [0.4, 0.5) is 0 Å². The Bertz CT molecular complexity index is 525. The molecule has 0 saturated heterocycles. The fourth-order valence-corrected chi connectivity index (χ4v) is 2.06. The molecule has 2 unspecified atom stereocenters. The van der Waals surface area contributed by atoms with Gasteiger partial charge in [0.05, 0.1) is 0 Å². The normalized spacial score (nSPS) is 13.9. The van der Waals surface area contributed by atoms with Crippen molar-refractivity contribution in [2.75, 3.05) is 0 Å². The van der Waals surface area contributed by atoms with Crippen molar-refractivity contribution >= 4 is 0 Å². The van der Waals surface area contributed by atoms with Crippen molar-refractivity contribution in [3.8, 4) is 5.75 Å². The average Bonchev–Trinajstić information content (AvgIpc) is 2.95. The lowest BCUT2D eigenvalue weighted by molar-refractivity contribution is 0.283. The second-order valence-electron chi connectivity index (χ2n) is 5.46. The Balaban J connectivity index is 1.80. The fraction of sp³-hybridized carbons (Fsp3) is 0.500. The minimum atomic E-state index is 0.245. The number of ether oxygens (including phenoxy) is 1.